The fourth-order valence-corrected chi connectivity index (χ4v) is 2.77. The van der Waals surface area contributed by atoms with Crippen LogP contribution in [0.5, 0.6) is 0 Å². The summed E-state index contributed by atoms with van der Waals surface area (Å²) in [6.07, 6.45) is -5.79. The molecule has 1 aliphatic heterocycles. The van der Waals surface area contributed by atoms with E-state index in [-0.39, 0.29) is 11.2 Å². The Bertz CT molecular complexity index is 830. The minimum Gasteiger partial charge on any atom is -0.443 e. The van der Waals surface area contributed by atoms with Crippen molar-refractivity contribution in [1.82, 2.24) is 0 Å². The molecule has 0 atom stereocenters. The van der Waals surface area contributed by atoms with Gasteiger partial charge in [-0.15, -0.1) is 0 Å². The van der Waals surface area contributed by atoms with E-state index in [0.29, 0.717) is 4.90 Å². The number of halogens is 3. The van der Waals surface area contributed by atoms with E-state index < -0.39 is 47.7 Å². The summed E-state index contributed by atoms with van der Waals surface area (Å²) < 4.78 is 57.6. The molecule has 1 aromatic rings. The molecule has 10 heteroatoms. The van der Waals surface area contributed by atoms with Crippen molar-refractivity contribution < 1.29 is 36.8 Å². The van der Waals surface area contributed by atoms with E-state index in [1.165, 1.54) is 6.07 Å². The van der Waals surface area contributed by atoms with E-state index in [1.807, 2.05) is 0 Å². The lowest BCUT2D eigenvalue weighted by Crippen LogP contribution is -2.41. The Morgan fingerprint density at radius 2 is 1.50 bits per heavy atom. The quantitative estimate of drug-likeness (QED) is 0.657. The van der Waals surface area contributed by atoms with Gasteiger partial charge >= 0.3 is 19.4 Å². The number of nitrogens with zero attached hydrogens (tertiary/aromatic N) is 1. The Hall–Kier alpha value is -2.07. The van der Waals surface area contributed by atoms with Gasteiger partial charge in [0.2, 0.25) is 5.91 Å². The van der Waals surface area contributed by atoms with Crippen LogP contribution >= 0.6 is 0 Å². The predicted molar refractivity (Wildman–Crippen MR) is 107 cm³/mol. The van der Waals surface area contributed by atoms with Crippen LogP contribution in [-0.4, -0.2) is 35.9 Å². The van der Waals surface area contributed by atoms with Gasteiger partial charge in [0, 0.05) is 6.92 Å². The van der Waals surface area contributed by atoms with Crippen molar-refractivity contribution >= 4 is 30.3 Å². The van der Waals surface area contributed by atoms with Gasteiger partial charge in [0.15, 0.2) is 0 Å². The monoisotopic (exact) mass is 429 g/mol. The molecule has 0 saturated carbocycles. The van der Waals surface area contributed by atoms with Crippen LogP contribution in [0.2, 0.25) is 0 Å². The van der Waals surface area contributed by atoms with Crippen molar-refractivity contribution in [2.45, 2.75) is 78.4 Å². The SMILES string of the molecule is CC(=O)N(C(=O)OC(C)(C)C)c1cc(B2OC(C)(C)C(C)(C)O2)cc(C(F)(F)F)c1. The zero-order valence-corrected chi connectivity index (χ0v) is 18.4. The topological polar surface area (TPSA) is 65.1 Å². The molecule has 0 N–H and O–H groups in total. The van der Waals surface area contributed by atoms with Crippen LogP contribution in [0.4, 0.5) is 23.7 Å². The number of hydrogen-bond donors (Lipinski definition) is 0. The van der Waals surface area contributed by atoms with Crippen molar-refractivity contribution in [3.8, 4) is 0 Å². The Balaban J connectivity index is 2.58. The van der Waals surface area contributed by atoms with Crippen LogP contribution in [-0.2, 0) is 25.0 Å². The molecule has 6 nitrogen and oxygen atoms in total. The molecule has 1 aromatic carbocycles. The maximum Gasteiger partial charge on any atom is 0.494 e. The van der Waals surface area contributed by atoms with Gasteiger partial charge in [0.05, 0.1) is 22.5 Å². The van der Waals surface area contributed by atoms with Gasteiger partial charge in [0.1, 0.15) is 5.60 Å². The van der Waals surface area contributed by atoms with Crippen molar-refractivity contribution in [2.24, 2.45) is 0 Å². The highest BCUT2D eigenvalue weighted by atomic mass is 19.4. The van der Waals surface area contributed by atoms with Crippen LogP contribution in [0.15, 0.2) is 18.2 Å². The largest absolute Gasteiger partial charge is 0.494 e. The summed E-state index contributed by atoms with van der Waals surface area (Å²) in [6, 6.07) is 2.88. The molecule has 0 spiro atoms. The van der Waals surface area contributed by atoms with Crippen molar-refractivity contribution in [1.29, 1.82) is 0 Å². The second-order valence-electron chi connectivity index (χ2n) is 9.23. The molecule has 166 valence electrons. The molecule has 0 aliphatic carbocycles. The highest BCUT2D eigenvalue weighted by Gasteiger charge is 2.52. The minimum atomic E-state index is -4.72. The van der Waals surface area contributed by atoms with Gasteiger partial charge < -0.3 is 14.0 Å². The van der Waals surface area contributed by atoms with E-state index in [0.717, 1.165) is 19.1 Å². The van der Waals surface area contributed by atoms with Gasteiger partial charge in [-0.3, -0.25) is 4.79 Å². The van der Waals surface area contributed by atoms with Crippen molar-refractivity contribution in [3.05, 3.63) is 23.8 Å². The maximum absolute atomic E-state index is 13.6. The summed E-state index contributed by atoms with van der Waals surface area (Å²) in [5.74, 6) is -0.788. The average Bonchev–Trinajstić information content (AvgIpc) is 2.72. The van der Waals surface area contributed by atoms with E-state index in [9.17, 15) is 22.8 Å². The summed E-state index contributed by atoms with van der Waals surface area (Å²) in [6.45, 7) is 12.9. The summed E-state index contributed by atoms with van der Waals surface area (Å²) in [5, 5.41) is 0. The Kier molecular flexibility index (Phi) is 6.10. The first-order chi connectivity index (χ1) is 13.3. The molecule has 1 fully saturated rings. The molecular weight excluding hydrogens is 402 g/mol. The van der Waals surface area contributed by atoms with Crippen LogP contribution in [0, 0.1) is 0 Å². The lowest BCUT2D eigenvalue weighted by atomic mass is 9.78. The van der Waals surface area contributed by atoms with Gasteiger partial charge in [-0.05, 0) is 66.1 Å². The third-order valence-electron chi connectivity index (χ3n) is 4.94. The van der Waals surface area contributed by atoms with Gasteiger partial charge in [-0.2, -0.15) is 13.2 Å². The maximum atomic E-state index is 13.6. The summed E-state index contributed by atoms with van der Waals surface area (Å²) in [7, 11) is -1.11. The molecule has 1 saturated heterocycles. The number of carbonyl (C=O) groups is 2. The van der Waals surface area contributed by atoms with Gasteiger partial charge in [-0.1, -0.05) is 6.07 Å². The van der Waals surface area contributed by atoms with E-state index in [4.69, 9.17) is 14.0 Å². The zero-order chi connectivity index (χ0) is 23.3. The number of alkyl halides is 3. The number of imide groups is 1. The number of rotatable bonds is 2. The summed E-state index contributed by atoms with van der Waals surface area (Å²) in [4.78, 5) is 25.3. The van der Waals surface area contributed by atoms with Crippen LogP contribution in [0.25, 0.3) is 0 Å². The summed E-state index contributed by atoms with van der Waals surface area (Å²) >= 11 is 0. The number of anilines is 1. The lowest BCUT2D eigenvalue weighted by molar-refractivity contribution is -0.137. The fourth-order valence-electron chi connectivity index (χ4n) is 2.77. The number of amides is 2. The highest BCUT2D eigenvalue weighted by Crippen LogP contribution is 2.38. The first kappa shape index (κ1) is 24.2. The van der Waals surface area contributed by atoms with E-state index in [1.54, 1.807) is 48.5 Å². The van der Waals surface area contributed by atoms with Crippen LogP contribution < -0.4 is 10.4 Å². The van der Waals surface area contributed by atoms with E-state index >= 15 is 0 Å². The smallest absolute Gasteiger partial charge is 0.443 e. The van der Waals surface area contributed by atoms with Crippen LogP contribution in [0.3, 0.4) is 0 Å². The standard InChI is InChI=1S/C20H27BF3NO5/c1-12(26)25(16(27)28-17(2,3)4)15-10-13(20(22,23)24)9-14(11-15)21-29-18(5,6)19(7,8)30-21/h9-11H,1-8H3. The van der Waals surface area contributed by atoms with Gasteiger partial charge in [0.25, 0.3) is 0 Å². The zero-order valence-electron chi connectivity index (χ0n) is 18.4. The number of benzene rings is 1. The Labute approximate surface area is 174 Å². The molecule has 0 bridgehead atoms. The molecule has 0 unspecified atom stereocenters. The molecule has 2 amide bonds. The van der Waals surface area contributed by atoms with Gasteiger partial charge in [-0.25, -0.2) is 9.69 Å². The molecule has 0 aromatic heterocycles. The number of carbonyl (C=O) groups excluding carboxylic acids is 2. The molecule has 30 heavy (non-hydrogen) atoms. The minimum absolute atomic E-state index is 0.0354. The van der Waals surface area contributed by atoms with Crippen LogP contribution in [0.1, 0.15) is 61.0 Å². The lowest BCUT2D eigenvalue weighted by Gasteiger charge is -2.32. The molecule has 0 radical (unpaired) electrons. The highest BCUT2D eigenvalue weighted by molar-refractivity contribution is 6.62. The third-order valence-corrected chi connectivity index (χ3v) is 4.94. The summed E-state index contributed by atoms with van der Waals surface area (Å²) in [5.41, 5.74) is -3.79. The first-order valence-electron chi connectivity index (χ1n) is 9.45. The second-order valence-corrected chi connectivity index (χ2v) is 9.23. The first-order valence-corrected chi connectivity index (χ1v) is 9.45. The fraction of sp³-hybridized carbons (Fsp3) is 0.600. The molecule has 1 heterocycles. The molecular formula is C20H27BF3NO5. The second kappa shape index (κ2) is 7.57. The number of ether oxygens (including phenoxy) is 1. The predicted octanol–water partition coefficient (Wildman–Crippen LogP) is 4.29. The van der Waals surface area contributed by atoms with E-state index in [2.05, 4.69) is 0 Å². The number of hydrogen-bond acceptors (Lipinski definition) is 5. The van der Waals surface area contributed by atoms with Crippen molar-refractivity contribution in [2.75, 3.05) is 4.90 Å². The Morgan fingerprint density at radius 3 is 1.90 bits per heavy atom. The average molecular weight is 429 g/mol. The molecule has 1 aliphatic rings. The third kappa shape index (κ3) is 5.15. The molecule has 2 rings (SSSR count). The Morgan fingerprint density at radius 1 is 1.00 bits per heavy atom. The normalized spacial score (nSPS) is 18.3. The van der Waals surface area contributed by atoms with Crippen molar-refractivity contribution in [3.63, 3.8) is 0 Å².